The lowest BCUT2D eigenvalue weighted by Gasteiger charge is -2.24. The Balaban J connectivity index is 1.80. The molecule has 0 aliphatic carbocycles. The van der Waals surface area contributed by atoms with Gasteiger partial charge in [0, 0.05) is 10.6 Å². The third-order valence-electron chi connectivity index (χ3n) is 3.56. The van der Waals surface area contributed by atoms with E-state index in [1.807, 2.05) is 45.0 Å². The molecule has 22 heavy (non-hydrogen) atoms. The van der Waals surface area contributed by atoms with Crippen molar-refractivity contribution in [1.29, 1.82) is 0 Å². The van der Waals surface area contributed by atoms with E-state index in [1.54, 1.807) is 0 Å². The highest BCUT2D eigenvalue weighted by Crippen LogP contribution is 2.37. The fraction of sp³-hybridized carbons (Fsp3) is 0.312. The quantitative estimate of drug-likeness (QED) is 0.925. The number of thioether (sulfide) groups is 1. The molecule has 0 saturated heterocycles. The molecular weight excluding hydrogens is 298 g/mol. The predicted octanol–water partition coefficient (Wildman–Crippen LogP) is 2.95. The van der Waals surface area contributed by atoms with Crippen molar-refractivity contribution in [2.24, 2.45) is 0 Å². The summed E-state index contributed by atoms with van der Waals surface area (Å²) < 4.78 is 1.38. The van der Waals surface area contributed by atoms with Gasteiger partial charge < -0.3 is 5.32 Å². The number of hydrogen-bond acceptors (Lipinski definition) is 4. The van der Waals surface area contributed by atoms with Crippen LogP contribution in [0.1, 0.15) is 28.2 Å². The molecule has 0 fully saturated rings. The van der Waals surface area contributed by atoms with Crippen molar-refractivity contribution < 1.29 is 9.59 Å². The molecule has 1 unspecified atom stereocenters. The van der Waals surface area contributed by atoms with Crippen molar-refractivity contribution in [3.05, 3.63) is 41.2 Å². The van der Waals surface area contributed by atoms with Crippen molar-refractivity contribution in [2.45, 2.75) is 37.3 Å². The largest absolute Gasteiger partial charge is 0.324 e. The topological polar surface area (TPSA) is 64.0 Å². The molecule has 3 rings (SSSR count). The lowest BCUT2D eigenvalue weighted by molar-refractivity contribution is -0.115. The Morgan fingerprint density at radius 3 is 2.77 bits per heavy atom. The average Bonchev–Trinajstić information content (AvgIpc) is 2.79. The van der Waals surface area contributed by atoms with Gasteiger partial charge in [0.2, 0.25) is 11.8 Å². The standard InChI is InChI=1S/C16H17N3O2S/c1-9-4-5-12-13(6-9)22-14(16(21)17-12)8-15(20)19-11(3)7-10(2)18-19/h4-7,14H,8H2,1-3H3,(H,17,21). The second-order valence-corrected chi connectivity index (χ2v) is 6.78. The number of anilines is 1. The monoisotopic (exact) mass is 315 g/mol. The number of fused-ring (bicyclic) bond motifs is 1. The van der Waals surface area contributed by atoms with Gasteiger partial charge in [-0.25, -0.2) is 4.68 Å². The van der Waals surface area contributed by atoms with Crippen molar-refractivity contribution in [2.75, 3.05) is 5.32 Å². The fourth-order valence-electron chi connectivity index (χ4n) is 2.51. The number of rotatable bonds is 2. The second kappa shape index (κ2) is 5.61. The van der Waals surface area contributed by atoms with Gasteiger partial charge >= 0.3 is 0 Å². The van der Waals surface area contributed by atoms with Gasteiger partial charge in [-0.05, 0) is 44.5 Å². The van der Waals surface area contributed by atoms with E-state index in [0.29, 0.717) is 0 Å². The van der Waals surface area contributed by atoms with Crippen molar-refractivity contribution in [1.82, 2.24) is 9.78 Å². The first-order chi connectivity index (χ1) is 10.4. The summed E-state index contributed by atoms with van der Waals surface area (Å²) in [5.41, 5.74) is 3.54. The second-order valence-electron chi connectivity index (χ2n) is 5.53. The molecule has 1 N–H and O–H groups in total. The Bertz CT molecular complexity index is 767. The summed E-state index contributed by atoms with van der Waals surface area (Å²) in [6, 6.07) is 7.74. The average molecular weight is 315 g/mol. The van der Waals surface area contributed by atoms with E-state index in [-0.39, 0.29) is 18.2 Å². The molecular formula is C16H17N3O2S. The zero-order valence-electron chi connectivity index (χ0n) is 12.7. The lowest BCUT2D eigenvalue weighted by atomic mass is 10.2. The highest BCUT2D eigenvalue weighted by molar-refractivity contribution is 8.01. The molecule has 0 spiro atoms. The molecule has 1 aromatic heterocycles. The molecule has 0 saturated carbocycles. The SMILES string of the molecule is Cc1ccc2c(c1)SC(CC(=O)n1nc(C)cc1C)C(=O)N2. The van der Waals surface area contributed by atoms with E-state index in [1.165, 1.54) is 16.4 Å². The summed E-state index contributed by atoms with van der Waals surface area (Å²) >= 11 is 1.44. The van der Waals surface area contributed by atoms with E-state index in [2.05, 4.69) is 10.4 Å². The normalized spacial score (nSPS) is 17.0. The summed E-state index contributed by atoms with van der Waals surface area (Å²) in [4.78, 5) is 25.6. The summed E-state index contributed by atoms with van der Waals surface area (Å²) in [6.07, 6.45) is 0.131. The van der Waals surface area contributed by atoms with Crippen LogP contribution in [0.15, 0.2) is 29.2 Å². The minimum absolute atomic E-state index is 0.128. The molecule has 1 aromatic carbocycles. The minimum Gasteiger partial charge on any atom is -0.324 e. The molecule has 0 bridgehead atoms. The molecule has 0 radical (unpaired) electrons. The van der Waals surface area contributed by atoms with Crippen LogP contribution in [0.3, 0.4) is 0 Å². The van der Waals surface area contributed by atoms with Crippen LogP contribution in [0.4, 0.5) is 5.69 Å². The first-order valence-corrected chi connectivity index (χ1v) is 7.96. The number of aromatic nitrogens is 2. The van der Waals surface area contributed by atoms with Crippen molar-refractivity contribution in [3.63, 3.8) is 0 Å². The van der Waals surface area contributed by atoms with Crippen LogP contribution in [0, 0.1) is 20.8 Å². The van der Waals surface area contributed by atoms with Gasteiger partial charge in [-0.15, -0.1) is 11.8 Å². The van der Waals surface area contributed by atoms with Gasteiger partial charge in [0.1, 0.15) is 0 Å². The first kappa shape index (κ1) is 14.8. The number of carbonyl (C=O) groups is 2. The van der Waals surface area contributed by atoms with E-state index < -0.39 is 5.25 Å². The van der Waals surface area contributed by atoms with Crippen molar-refractivity contribution >= 4 is 29.3 Å². The minimum atomic E-state index is -0.425. The Kier molecular flexibility index (Phi) is 3.78. The molecule has 1 atom stereocenters. The Morgan fingerprint density at radius 1 is 1.32 bits per heavy atom. The van der Waals surface area contributed by atoms with Crippen LogP contribution >= 0.6 is 11.8 Å². The molecule has 114 valence electrons. The van der Waals surface area contributed by atoms with E-state index in [9.17, 15) is 9.59 Å². The van der Waals surface area contributed by atoms with Crippen LogP contribution < -0.4 is 5.32 Å². The van der Waals surface area contributed by atoms with Crippen molar-refractivity contribution in [3.8, 4) is 0 Å². The third-order valence-corrected chi connectivity index (χ3v) is 4.82. The molecule has 5 nitrogen and oxygen atoms in total. The Hall–Kier alpha value is -2.08. The summed E-state index contributed by atoms with van der Waals surface area (Å²) in [5.74, 6) is -0.286. The predicted molar refractivity (Wildman–Crippen MR) is 86.4 cm³/mol. The number of aryl methyl sites for hydroxylation is 3. The molecule has 2 aromatic rings. The number of amides is 1. The molecule has 2 heterocycles. The molecule has 6 heteroatoms. The van der Waals surface area contributed by atoms with Gasteiger partial charge in [0.15, 0.2) is 0 Å². The van der Waals surface area contributed by atoms with Gasteiger partial charge in [-0.3, -0.25) is 9.59 Å². The molecule has 1 aliphatic rings. The smallest absolute Gasteiger partial charge is 0.248 e. The van der Waals surface area contributed by atoms with Gasteiger partial charge in [-0.2, -0.15) is 5.10 Å². The zero-order valence-corrected chi connectivity index (χ0v) is 13.5. The lowest BCUT2D eigenvalue weighted by Crippen LogP contribution is -2.32. The molecule has 1 aliphatic heterocycles. The summed E-state index contributed by atoms with van der Waals surface area (Å²) in [7, 11) is 0. The summed E-state index contributed by atoms with van der Waals surface area (Å²) in [6.45, 7) is 5.69. The highest BCUT2D eigenvalue weighted by atomic mass is 32.2. The van der Waals surface area contributed by atoms with E-state index in [4.69, 9.17) is 0 Å². The number of nitrogens with zero attached hydrogens (tertiary/aromatic N) is 2. The van der Waals surface area contributed by atoms with Gasteiger partial charge in [-0.1, -0.05) is 6.07 Å². The van der Waals surface area contributed by atoms with E-state index in [0.717, 1.165) is 27.5 Å². The van der Waals surface area contributed by atoms with Gasteiger partial charge in [0.25, 0.3) is 0 Å². The number of benzene rings is 1. The molecule has 1 amide bonds. The van der Waals surface area contributed by atoms with Crippen LogP contribution in [0.25, 0.3) is 0 Å². The first-order valence-electron chi connectivity index (χ1n) is 7.08. The highest BCUT2D eigenvalue weighted by Gasteiger charge is 2.30. The maximum Gasteiger partial charge on any atom is 0.248 e. The zero-order chi connectivity index (χ0) is 15.9. The van der Waals surface area contributed by atoms with Crippen LogP contribution in [-0.2, 0) is 4.79 Å². The number of nitrogens with one attached hydrogen (secondary N) is 1. The Morgan fingerprint density at radius 2 is 2.09 bits per heavy atom. The third kappa shape index (κ3) is 2.78. The van der Waals surface area contributed by atoms with Crippen LogP contribution in [-0.4, -0.2) is 26.8 Å². The Labute approximate surface area is 133 Å². The maximum absolute atomic E-state index is 12.4. The number of carbonyl (C=O) groups excluding carboxylic acids is 2. The maximum atomic E-state index is 12.4. The number of hydrogen-bond donors (Lipinski definition) is 1. The van der Waals surface area contributed by atoms with E-state index >= 15 is 0 Å². The van der Waals surface area contributed by atoms with Crippen LogP contribution in [0.5, 0.6) is 0 Å². The fourth-order valence-corrected chi connectivity index (χ4v) is 3.71. The van der Waals surface area contributed by atoms with Crippen LogP contribution in [0.2, 0.25) is 0 Å². The summed E-state index contributed by atoms with van der Waals surface area (Å²) in [5, 5.41) is 6.63. The van der Waals surface area contributed by atoms with Gasteiger partial charge in [0.05, 0.1) is 23.1 Å².